The predicted molar refractivity (Wildman–Crippen MR) is 83.0 cm³/mol. The van der Waals surface area contributed by atoms with E-state index in [0.29, 0.717) is 6.61 Å². The average Bonchev–Trinajstić information content (AvgIpc) is 3.10. The predicted octanol–water partition coefficient (Wildman–Crippen LogP) is 2.75. The van der Waals surface area contributed by atoms with E-state index in [9.17, 15) is 0 Å². The Bertz CT molecular complexity index is 507. The highest BCUT2D eigenvalue weighted by molar-refractivity contribution is 7.10. The first-order chi connectivity index (χ1) is 9.83. The molecule has 0 bridgehead atoms. The van der Waals surface area contributed by atoms with Gasteiger partial charge in [-0.05, 0) is 17.9 Å². The van der Waals surface area contributed by atoms with Crippen molar-refractivity contribution in [1.82, 2.24) is 14.9 Å². The standard InChI is InChI=1S/C15H21N3OS/c1-3-4-10-19-11-8-16-14(13-6-5-12-20-13)15-17-7-9-18(15)2/h3,5-7,9,12,14,16H,1,4,8,10-11H2,2H3. The van der Waals surface area contributed by atoms with E-state index in [4.69, 9.17) is 4.74 Å². The van der Waals surface area contributed by atoms with E-state index >= 15 is 0 Å². The van der Waals surface area contributed by atoms with E-state index in [2.05, 4.69) is 39.0 Å². The van der Waals surface area contributed by atoms with Gasteiger partial charge >= 0.3 is 0 Å². The van der Waals surface area contributed by atoms with Crippen LogP contribution in [0.2, 0.25) is 0 Å². The zero-order valence-corrected chi connectivity index (χ0v) is 12.6. The Kier molecular flexibility index (Phi) is 5.98. The molecular weight excluding hydrogens is 270 g/mol. The van der Waals surface area contributed by atoms with Crippen LogP contribution in [0.1, 0.15) is 23.2 Å². The van der Waals surface area contributed by atoms with Gasteiger partial charge in [-0.15, -0.1) is 17.9 Å². The summed E-state index contributed by atoms with van der Waals surface area (Å²) in [5.74, 6) is 1.03. The summed E-state index contributed by atoms with van der Waals surface area (Å²) in [6, 6.07) is 4.33. The summed E-state index contributed by atoms with van der Waals surface area (Å²) in [5.41, 5.74) is 0. The molecule has 2 rings (SSSR count). The third kappa shape index (κ3) is 4.03. The van der Waals surface area contributed by atoms with Gasteiger partial charge in [0.25, 0.3) is 0 Å². The molecule has 20 heavy (non-hydrogen) atoms. The van der Waals surface area contributed by atoms with Gasteiger partial charge in [0.05, 0.1) is 13.2 Å². The Labute approximate surface area is 124 Å². The number of imidazole rings is 1. The third-order valence-corrected chi connectivity index (χ3v) is 3.94. The molecule has 1 atom stereocenters. The smallest absolute Gasteiger partial charge is 0.131 e. The van der Waals surface area contributed by atoms with Crippen LogP contribution in [0.5, 0.6) is 0 Å². The highest BCUT2D eigenvalue weighted by atomic mass is 32.1. The number of thiophene rings is 1. The Balaban J connectivity index is 1.91. The Morgan fingerprint density at radius 1 is 1.55 bits per heavy atom. The minimum atomic E-state index is 0.123. The number of aryl methyl sites for hydroxylation is 1. The Morgan fingerprint density at radius 2 is 2.45 bits per heavy atom. The van der Waals surface area contributed by atoms with Crippen LogP contribution < -0.4 is 5.32 Å². The Morgan fingerprint density at radius 3 is 3.10 bits per heavy atom. The highest BCUT2D eigenvalue weighted by Gasteiger charge is 2.18. The molecule has 0 aliphatic heterocycles. The fourth-order valence-corrected chi connectivity index (χ4v) is 2.77. The van der Waals surface area contributed by atoms with Crippen LogP contribution in [0, 0.1) is 0 Å². The van der Waals surface area contributed by atoms with Crippen LogP contribution >= 0.6 is 11.3 Å². The number of aromatic nitrogens is 2. The van der Waals surface area contributed by atoms with Gasteiger partial charge in [-0.25, -0.2) is 4.98 Å². The molecule has 0 saturated carbocycles. The summed E-state index contributed by atoms with van der Waals surface area (Å²) in [6.45, 7) is 5.90. The van der Waals surface area contributed by atoms with Crippen molar-refractivity contribution in [2.75, 3.05) is 19.8 Å². The molecule has 0 aromatic carbocycles. The lowest BCUT2D eigenvalue weighted by molar-refractivity contribution is 0.139. The maximum Gasteiger partial charge on any atom is 0.131 e. The van der Waals surface area contributed by atoms with Crippen molar-refractivity contribution in [3.8, 4) is 0 Å². The zero-order chi connectivity index (χ0) is 14.2. The van der Waals surface area contributed by atoms with Gasteiger partial charge in [0.1, 0.15) is 11.9 Å². The van der Waals surface area contributed by atoms with Gasteiger partial charge in [-0.3, -0.25) is 0 Å². The first-order valence-electron chi connectivity index (χ1n) is 6.75. The number of ether oxygens (including phenoxy) is 1. The lowest BCUT2D eigenvalue weighted by Gasteiger charge is -2.17. The molecule has 0 aliphatic carbocycles. The molecule has 2 aromatic rings. The van der Waals surface area contributed by atoms with Gasteiger partial charge in [0, 0.05) is 30.9 Å². The summed E-state index contributed by atoms with van der Waals surface area (Å²) >= 11 is 1.74. The maximum absolute atomic E-state index is 5.53. The van der Waals surface area contributed by atoms with Crippen LogP contribution in [-0.4, -0.2) is 29.3 Å². The van der Waals surface area contributed by atoms with Gasteiger partial charge < -0.3 is 14.6 Å². The molecule has 4 nitrogen and oxygen atoms in total. The number of rotatable bonds is 9. The fraction of sp³-hybridized carbons (Fsp3) is 0.400. The molecule has 1 unspecified atom stereocenters. The number of hydrogen-bond donors (Lipinski definition) is 1. The summed E-state index contributed by atoms with van der Waals surface area (Å²) in [6.07, 6.45) is 6.57. The first-order valence-corrected chi connectivity index (χ1v) is 7.63. The molecule has 0 spiro atoms. The quantitative estimate of drug-likeness (QED) is 0.570. The maximum atomic E-state index is 5.53. The minimum absolute atomic E-state index is 0.123. The highest BCUT2D eigenvalue weighted by Crippen LogP contribution is 2.24. The van der Waals surface area contributed by atoms with E-state index in [1.54, 1.807) is 11.3 Å². The fourth-order valence-electron chi connectivity index (χ4n) is 1.97. The van der Waals surface area contributed by atoms with Gasteiger partial charge in [0.2, 0.25) is 0 Å². The van der Waals surface area contributed by atoms with Crippen molar-refractivity contribution in [1.29, 1.82) is 0 Å². The van der Waals surface area contributed by atoms with Crippen molar-refractivity contribution in [3.05, 3.63) is 53.3 Å². The molecule has 0 saturated heterocycles. The van der Waals surface area contributed by atoms with Crippen LogP contribution in [0.3, 0.4) is 0 Å². The monoisotopic (exact) mass is 291 g/mol. The summed E-state index contributed by atoms with van der Waals surface area (Å²) in [5, 5.41) is 5.61. The molecule has 1 N–H and O–H groups in total. The SMILES string of the molecule is C=CCCOCCNC(c1cccs1)c1nccn1C. The molecule has 5 heteroatoms. The lowest BCUT2D eigenvalue weighted by Crippen LogP contribution is -2.27. The van der Waals surface area contributed by atoms with E-state index in [1.165, 1.54) is 4.88 Å². The van der Waals surface area contributed by atoms with Gasteiger partial charge in [-0.2, -0.15) is 0 Å². The molecule has 0 aliphatic rings. The van der Waals surface area contributed by atoms with Crippen molar-refractivity contribution in [2.24, 2.45) is 7.05 Å². The number of nitrogens with one attached hydrogen (secondary N) is 1. The molecular formula is C15H21N3OS. The summed E-state index contributed by atoms with van der Waals surface area (Å²) in [4.78, 5) is 5.72. The summed E-state index contributed by atoms with van der Waals surface area (Å²) < 4.78 is 7.58. The van der Waals surface area contributed by atoms with Crippen LogP contribution in [0.15, 0.2) is 42.6 Å². The van der Waals surface area contributed by atoms with E-state index in [1.807, 2.05) is 25.5 Å². The zero-order valence-electron chi connectivity index (χ0n) is 11.8. The Hall–Kier alpha value is -1.43. The second-order valence-corrected chi connectivity index (χ2v) is 5.47. The molecule has 2 heterocycles. The van der Waals surface area contributed by atoms with Crippen molar-refractivity contribution < 1.29 is 4.74 Å². The number of nitrogens with zero attached hydrogens (tertiary/aromatic N) is 2. The molecule has 0 amide bonds. The third-order valence-electron chi connectivity index (χ3n) is 3.01. The van der Waals surface area contributed by atoms with Crippen molar-refractivity contribution >= 4 is 11.3 Å². The van der Waals surface area contributed by atoms with Gasteiger partial charge in [0.15, 0.2) is 0 Å². The molecule has 0 radical (unpaired) electrons. The lowest BCUT2D eigenvalue weighted by atomic mass is 10.2. The van der Waals surface area contributed by atoms with Crippen molar-refractivity contribution in [3.63, 3.8) is 0 Å². The van der Waals surface area contributed by atoms with Crippen LogP contribution in [0.4, 0.5) is 0 Å². The second-order valence-electron chi connectivity index (χ2n) is 4.49. The van der Waals surface area contributed by atoms with E-state index in [0.717, 1.165) is 25.4 Å². The second kappa shape index (κ2) is 7.99. The molecule has 108 valence electrons. The van der Waals surface area contributed by atoms with E-state index < -0.39 is 0 Å². The average molecular weight is 291 g/mol. The van der Waals surface area contributed by atoms with Crippen LogP contribution in [0.25, 0.3) is 0 Å². The normalized spacial score (nSPS) is 12.4. The molecule has 0 fully saturated rings. The van der Waals surface area contributed by atoms with Gasteiger partial charge in [-0.1, -0.05) is 12.1 Å². The number of hydrogen-bond acceptors (Lipinski definition) is 4. The van der Waals surface area contributed by atoms with E-state index in [-0.39, 0.29) is 6.04 Å². The van der Waals surface area contributed by atoms with Crippen molar-refractivity contribution in [2.45, 2.75) is 12.5 Å². The van der Waals surface area contributed by atoms with Crippen LogP contribution in [-0.2, 0) is 11.8 Å². The summed E-state index contributed by atoms with van der Waals surface area (Å²) in [7, 11) is 2.02. The largest absolute Gasteiger partial charge is 0.380 e. The first kappa shape index (κ1) is 15.0. The molecule has 2 aromatic heterocycles. The minimum Gasteiger partial charge on any atom is -0.380 e. The topological polar surface area (TPSA) is 39.1 Å².